The molecule has 0 aromatic heterocycles. The summed E-state index contributed by atoms with van der Waals surface area (Å²) in [5, 5.41) is 0. The fourth-order valence-electron chi connectivity index (χ4n) is 1.20. The first-order chi connectivity index (χ1) is 7.22. The van der Waals surface area contributed by atoms with Gasteiger partial charge < -0.3 is 16.2 Å². The quantitative estimate of drug-likeness (QED) is 0.712. The molecule has 0 bridgehead atoms. The third kappa shape index (κ3) is 4.46. The van der Waals surface area contributed by atoms with Crippen molar-refractivity contribution in [2.75, 3.05) is 13.2 Å². The van der Waals surface area contributed by atoms with Crippen LogP contribution in [0.15, 0.2) is 24.3 Å². The Balaban J connectivity index is 2.45. The molecule has 0 spiro atoms. The number of ether oxygens (including phenoxy) is 1. The summed E-state index contributed by atoms with van der Waals surface area (Å²) in [6.07, 6.45) is 1.05. The van der Waals surface area contributed by atoms with Gasteiger partial charge >= 0.3 is 0 Å². The van der Waals surface area contributed by atoms with Crippen molar-refractivity contribution in [3.8, 4) is 5.75 Å². The van der Waals surface area contributed by atoms with Crippen LogP contribution >= 0.6 is 0 Å². The van der Waals surface area contributed by atoms with Crippen molar-refractivity contribution in [3.63, 3.8) is 0 Å². The van der Waals surface area contributed by atoms with Crippen molar-refractivity contribution in [1.29, 1.82) is 0 Å². The monoisotopic (exact) mass is 208 g/mol. The highest BCUT2D eigenvalue weighted by atomic mass is 16.5. The summed E-state index contributed by atoms with van der Waals surface area (Å²) in [6.45, 7) is 1.02. The molecule has 0 heterocycles. The molecule has 0 aliphatic rings. The Hall–Kier alpha value is -1.55. The topological polar surface area (TPSA) is 78.3 Å². The normalized spacial score (nSPS) is 9.93. The minimum atomic E-state index is -0.279. The van der Waals surface area contributed by atoms with E-state index in [1.165, 1.54) is 0 Å². The molecular formula is C11H16N2O2. The fraction of sp³-hybridized carbons (Fsp3) is 0.364. The molecule has 0 aliphatic heterocycles. The van der Waals surface area contributed by atoms with Gasteiger partial charge in [0.25, 0.3) is 0 Å². The third-order valence-electron chi connectivity index (χ3n) is 1.97. The average molecular weight is 208 g/mol. The second-order valence-electron chi connectivity index (χ2n) is 3.25. The van der Waals surface area contributed by atoms with Crippen molar-refractivity contribution in [2.45, 2.75) is 12.8 Å². The zero-order chi connectivity index (χ0) is 11.1. The summed E-state index contributed by atoms with van der Waals surface area (Å²) in [7, 11) is 0. The zero-order valence-corrected chi connectivity index (χ0v) is 8.61. The molecule has 0 radical (unpaired) electrons. The first kappa shape index (κ1) is 11.5. The van der Waals surface area contributed by atoms with Gasteiger partial charge in [-0.15, -0.1) is 0 Å². The van der Waals surface area contributed by atoms with Gasteiger partial charge in [0, 0.05) is 13.0 Å². The van der Waals surface area contributed by atoms with E-state index in [0.717, 1.165) is 11.3 Å². The van der Waals surface area contributed by atoms with E-state index < -0.39 is 0 Å². The molecule has 1 aromatic rings. The van der Waals surface area contributed by atoms with Crippen LogP contribution in [0, 0.1) is 0 Å². The molecule has 0 atom stereocenters. The van der Waals surface area contributed by atoms with Crippen molar-refractivity contribution in [3.05, 3.63) is 29.8 Å². The number of nitrogens with two attached hydrogens (primary N) is 2. The molecule has 0 aliphatic carbocycles. The van der Waals surface area contributed by atoms with Crippen LogP contribution in [0.25, 0.3) is 0 Å². The SMILES string of the molecule is NCCOc1ccc(CCC(N)=O)cc1. The van der Waals surface area contributed by atoms with Gasteiger partial charge in [-0.05, 0) is 24.1 Å². The van der Waals surface area contributed by atoms with Gasteiger partial charge in [0.05, 0.1) is 0 Å². The molecule has 0 fully saturated rings. The molecule has 1 amide bonds. The Labute approximate surface area is 89.2 Å². The van der Waals surface area contributed by atoms with Gasteiger partial charge in [0.1, 0.15) is 12.4 Å². The minimum Gasteiger partial charge on any atom is -0.492 e. The Morgan fingerprint density at radius 3 is 2.47 bits per heavy atom. The van der Waals surface area contributed by atoms with Gasteiger partial charge in [-0.3, -0.25) is 4.79 Å². The Morgan fingerprint density at radius 1 is 1.27 bits per heavy atom. The van der Waals surface area contributed by atoms with Crippen LogP contribution in [0.1, 0.15) is 12.0 Å². The summed E-state index contributed by atoms with van der Waals surface area (Å²) >= 11 is 0. The number of benzene rings is 1. The van der Waals surface area contributed by atoms with Crippen LogP contribution < -0.4 is 16.2 Å². The van der Waals surface area contributed by atoms with Crippen molar-refractivity contribution >= 4 is 5.91 Å². The van der Waals surface area contributed by atoms with Crippen molar-refractivity contribution in [2.24, 2.45) is 11.5 Å². The molecule has 0 saturated heterocycles. The van der Waals surface area contributed by atoms with E-state index in [9.17, 15) is 4.79 Å². The van der Waals surface area contributed by atoms with Crippen LogP contribution in [0.5, 0.6) is 5.75 Å². The highest BCUT2D eigenvalue weighted by Gasteiger charge is 1.98. The minimum absolute atomic E-state index is 0.279. The number of aryl methyl sites for hydroxylation is 1. The predicted molar refractivity (Wildman–Crippen MR) is 58.5 cm³/mol. The zero-order valence-electron chi connectivity index (χ0n) is 8.61. The Kier molecular flexibility index (Phi) is 4.63. The number of primary amides is 1. The van der Waals surface area contributed by atoms with E-state index in [4.69, 9.17) is 16.2 Å². The first-order valence-corrected chi connectivity index (χ1v) is 4.92. The van der Waals surface area contributed by atoms with E-state index in [1.807, 2.05) is 24.3 Å². The summed E-state index contributed by atoms with van der Waals surface area (Å²) in [6, 6.07) is 7.58. The van der Waals surface area contributed by atoms with Gasteiger partial charge in [-0.2, -0.15) is 0 Å². The predicted octanol–water partition coefficient (Wildman–Crippen LogP) is 0.442. The highest BCUT2D eigenvalue weighted by Crippen LogP contribution is 2.12. The van der Waals surface area contributed by atoms with E-state index in [2.05, 4.69) is 0 Å². The lowest BCUT2D eigenvalue weighted by Gasteiger charge is -2.05. The lowest BCUT2D eigenvalue weighted by Crippen LogP contribution is -2.11. The van der Waals surface area contributed by atoms with Crippen LogP contribution in [0.2, 0.25) is 0 Å². The van der Waals surface area contributed by atoms with Gasteiger partial charge in [-0.25, -0.2) is 0 Å². The number of carbonyl (C=O) groups excluding carboxylic acids is 1. The van der Waals surface area contributed by atoms with E-state index in [-0.39, 0.29) is 5.91 Å². The molecule has 0 unspecified atom stereocenters. The highest BCUT2D eigenvalue weighted by molar-refractivity contribution is 5.73. The molecule has 1 rings (SSSR count). The standard InChI is InChI=1S/C11H16N2O2/c12-7-8-15-10-4-1-9(2-5-10)3-6-11(13)14/h1-2,4-5H,3,6-8,12H2,(H2,13,14). The van der Waals surface area contributed by atoms with Crippen LogP contribution in [0.3, 0.4) is 0 Å². The molecule has 0 saturated carbocycles. The number of hydrogen-bond acceptors (Lipinski definition) is 3. The number of carbonyl (C=O) groups is 1. The molecule has 4 heteroatoms. The molecular weight excluding hydrogens is 192 g/mol. The summed E-state index contributed by atoms with van der Waals surface area (Å²) in [5.41, 5.74) is 11.4. The van der Waals surface area contributed by atoms with E-state index in [1.54, 1.807) is 0 Å². The summed E-state index contributed by atoms with van der Waals surface area (Å²) < 4.78 is 5.32. The maximum Gasteiger partial charge on any atom is 0.217 e. The molecule has 1 aromatic carbocycles. The van der Waals surface area contributed by atoms with Crippen LogP contribution in [-0.2, 0) is 11.2 Å². The van der Waals surface area contributed by atoms with Crippen LogP contribution in [-0.4, -0.2) is 19.1 Å². The maximum atomic E-state index is 10.6. The van der Waals surface area contributed by atoms with E-state index in [0.29, 0.717) is 26.0 Å². The van der Waals surface area contributed by atoms with Crippen molar-refractivity contribution < 1.29 is 9.53 Å². The van der Waals surface area contributed by atoms with E-state index >= 15 is 0 Å². The van der Waals surface area contributed by atoms with Crippen molar-refractivity contribution in [1.82, 2.24) is 0 Å². The maximum absolute atomic E-state index is 10.6. The smallest absolute Gasteiger partial charge is 0.217 e. The first-order valence-electron chi connectivity index (χ1n) is 4.92. The lowest BCUT2D eigenvalue weighted by molar-refractivity contribution is -0.117. The second kappa shape index (κ2) is 6.03. The van der Waals surface area contributed by atoms with Crippen LogP contribution in [0.4, 0.5) is 0 Å². The summed E-state index contributed by atoms with van der Waals surface area (Å²) in [5.74, 6) is 0.515. The average Bonchev–Trinajstić information content (AvgIpc) is 2.25. The molecule has 4 nitrogen and oxygen atoms in total. The van der Waals surface area contributed by atoms with Gasteiger partial charge in [-0.1, -0.05) is 12.1 Å². The lowest BCUT2D eigenvalue weighted by atomic mass is 10.1. The Bertz CT molecular complexity index is 309. The molecule has 82 valence electrons. The second-order valence-corrected chi connectivity index (χ2v) is 3.25. The number of rotatable bonds is 6. The van der Waals surface area contributed by atoms with Gasteiger partial charge in [0.2, 0.25) is 5.91 Å². The third-order valence-corrected chi connectivity index (χ3v) is 1.97. The number of hydrogen-bond donors (Lipinski definition) is 2. The fourth-order valence-corrected chi connectivity index (χ4v) is 1.20. The number of amides is 1. The Morgan fingerprint density at radius 2 is 1.93 bits per heavy atom. The van der Waals surface area contributed by atoms with Gasteiger partial charge in [0.15, 0.2) is 0 Å². The summed E-state index contributed by atoms with van der Waals surface area (Å²) in [4.78, 5) is 10.6. The molecule has 4 N–H and O–H groups in total. The molecule has 15 heavy (non-hydrogen) atoms. The largest absolute Gasteiger partial charge is 0.492 e.